The normalized spacial score (nSPS) is 15.7. The fraction of sp³-hybridized carbons (Fsp3) is 0.423. The molecule has 2 N–H and O–H groups in total. The van der Waals surface area contributed by atoms with E-state index in [0.29, 0.717) is 6.42 Å². The SMILES string of the molecule is CCC1(C(=O)O)CN(C(=O)CCOCCNC(=O)OCC2c3ccccc3-c3ccccc32)C1. The Hall–Kier alpha value is -3.39. The molecule has 34 heavy (non-hydrogen) atoms. The van der Waals surface area contributed by atoms with E-state index in [1.165, 1.54) is 11.1 Å². The quantitative estimate of drug-likeness (QED) is 0.521. The molecule has 1 saturated heterocycles. The number of carboxylic acid groups (broad SMARTS) is 1. The molecule has 1 heterocycles. The third kappa shape index (κ3) is 4.77. The van der Waals surface area contributed by atoms with E-state index in [2.05, 4.69) is 29.6 Å². The highest BCUT2D eigenvalue weighted by Crippen LogP contribution is 2.44. The van der Waals surface area contributed by atoms with Gasteiger partial charge in [0, 0.05) is 25.6 Å². The van der Waals surface area contributed by atoms with Crippen molar-refractivity contribution in [2.75, 3.05) is 39.5 Å². The smallest absolute Gasteiger partial charge is 0.407 e. The average Bonchev–Trinajstić information content (AvgIpc) is 3.13. The number of aliphatic carboxylic acids is 1. The average molecular weight is 467 g/mol. The van der Waals surface area contributed by atoms with Gasteiger partial charge >= 0.3 is 12.1 Å². The van der Waals surface area contributed by atoms with E-state index in [4.69, 9.17) is 9.47 Å². The summed E-state index contributed by atoms with van der Waals surface area (Å²) < 4.78 is 10.9. The monoisotopic (exact) mass is 466 g/mol. The van der Waals surface area contributed by atoms with Crippen LogP contribution in [0.15, 0.2) is 48.5 Å². The van der Waals surface area contributed by atoms with E-state index in [9.17, 15) is 19.5 Å². The summed E-state index contributed by atoms with van der Waals surface area (Å²) in [5, 5.41) is 12.0. The molecule has 0 atom stereocenters. The molecule has 8 heteroatoms. The third-order valence-corrected chi connectivity index (χ3v) is 6.79. The molecule has 4 rings (SSSR count). The number of hydrogen-bond acceptors (Lipinski definition) is 5. The van der Waals surface area contributed by atoms with Crippen LogP contribution < -0.4 is 5.32 Å². The van der Waals surface area contributed by atoms with Gasteiger partial charge in [0.05, 0.1) is 19.6 Å². The van der Waals surface area contributed by atoms with Crippen LogP contribution in [0, 0.1) is 5.41 Å². The number of carbonyl (C=O) groups is 3. The zero-order chi connectivity index (χ0) is 24.1. The van der Waals surface area contributed by atoms with Crippen LogP contribution in [0.4, 0.5) is 4.79 Å². The second-order valence-corrected chi connectivity index (χ2v) is 8.80. The first-order valence-corrected chi connectivity index (χ1v) is 11.6. The Morgan fingerprint density at radius 2 is 1.65 bits per heavy atom. The van der Waals surface area contributed by atoms with Gasteiger partial charge in [-0.2, -0.15) is 0 Å². The first-order chi connectivity index (χ1) is 16.4. The number of likely N-dealkylation sites (tertiary alicyclic amines) is 1. The van der Waals surface area contributed by atoms with E-state index in [0.717, 1.165) is 11.1 Å². The summed E-state index contributed by atoms with van der Waals surface area (Å²) in [6.07, 6.45) is 0.181. The minimum Gasteiger partial charge on any atom is -0.481 e. The Bertz CT molecular complexity index is 1020. The molecule has 1 aliphatic carbocycles. The lowest BCUT2D eigenvalue weighted by molar-refractivity contribution is -0.166. The number of benzene rings is 2. The fourth-order valence-corrected chi connectivity index (χ4v) is 4.67. The van der Waals surface area contributed by atoms with Crippen molar-refractivity contribution in [1.82, 2.24) is 10.2 Å². The lowest BCUT2D eigenvalue weighted by Crippen LogP contribution is -2.61. The van der Waals surface area contributed by atoms with Crippen LogP contribution in [0.1, 0.15) is 36.8 Å². The molecule has 2 aromatic rings. The molecule has 2 amide bonds. The van der Waals surface area contributed by atoms with Gasteiger partial charge in [0.1, 0.15) is 12.0 Å². The van der Waals surface area contributed by atoms with Gasteiger partial charge in [0.2, 0.25) is 5.91 Å². The van der Waals surface area contributed by atoms with E-state index >= 15 is 0 Å². The number of amides is 2. The van der Waals surface area contributed by atoms with Gasteiger partial charge in [0.25, 0.3) is 0 Å². The molecule has 8 nitrogen and oxygen atoms in total. The van der Waals surface area contributed by atoms with Crippen LogP contribution in [0.5, 0.6) is 0 Å². The van der Waals surface area contributed by atoms with Crippen LogP contribution in [0.3, 0.4) is 0 Å². The molecule has 2 aliphatic rings. The first kappa shape index (κ1) is 23.8. The molecule has 180 valence electrons. The summed E-state index contributed by atoms with van der Waals surface area (Å²) >= 11 is 0. The highest BCUT2D eigenvalue weighted by Gasteiger charge is 2.49. The van der Waals surface area contributed by atoms with Crippen molar-refractivity contribution in [3.05, 3.63) is 59.7 Å². The van der Waals surface area contributed by atoms with Crippen LogP contribution in [0.2, 0.25) is 0 Å². The van der Waals surface area contributed by atoms with Crippen LogP contribution in [-0.4, -0.2) is 67.4 Å². The molecule has 0 radical (unpaired) electrons. The number of rotatable bonds is 10. The number of nitrogens with zero attached hydrogens (tertiary/aromatic N) is 1. The van der Waals surface area contributed by atoms with Gasteiger partial charge in [-0.25, -0.2) is 4.79 Å². The van der Waals surface area contributed by atoms with Crippen molar-refractivity contribution in [3.8, 4) is 11.1 Å². The Morgan fingerprint density at radius 3 is 2.24 bits per heavy atom. The molecule has 0 unspecified atom stereocenters. The van der Waals surface area contributed by atoms with Gasteiger partial charge in [0.15, 0.2) is 0 Å². The highest BCUT2D eigenvalue weighted by atomic mass is 16.5. The maximum absolute atomic E-state index is 12.1. The summed E-state index contributed by atoms with van der Waals surface area (Å²) in [5.74, 6) is -0.959. The molecule has 0 bridgehead atoms. The zero-order valence-electron chi connectivity index (χ0n) is 19.3. The number of hydrogen-bond donors (Lipinski definition) is 2. The number of alkyl carbamates (subject to hydrolysis) is 1. The second kappa shape index (κ2) is 10.3. The first-order valence-electron chi connectivity index (χ1n) is 11.6. The van der Waals surface area contributed by atoms with Gasteiger partial charge < -0.3 is 24.8 Å². The molecule has 1 aliphatic heterocycles. The van der Waals surface area contributed by atoms with Crippen LogP contribution >= 0.6 is 0 Å². The molecular formula is C26H30N2O6. The third-order valence-electron chi connectivity index (χ3n) is 6.79. The second-order valence-electron chi connectivity index (χ2n) is 8.80. The van der Waals surface area contributed by atoms with Gasteiger partial charge in [-0.3, -0.25) is 9.59 Å². The largest absolute Gasteiger partial charge is 0.481 e. The van der Waals surface area contributed by atoms with Crippen molar-refractivity contribution in [1.29, 1.82) is 0 Å². The van der Waals surface area contributed by atoms with E-state index in [1.807, 2.05) is 31.2 Å². The molecule has 0 aromatic heterocycles. The zero-order valence-corrected chi connectivity index (χ0v) is 19.3. The van der Waals surface area contributed by atoms with E-state index in [1.54, 1.807) is 4.90 Å². The molecule has 1 fully saturated rings. The van der Waals surface area contributed by atoms with Crippen molar-refractivity contribution >= 4 is 18.0 Å². The van der Waals surface area contributed by atoms with E-state index < -0.39 is 17.5 Å². The fourth-order valence-electron chi connectivity index (χ4n) is 4.67. The summed E-state index contributed by atoms with van der Waals surface area (Å²) in [5.41, 5.74) is 3.87. The molecule has 0 spiro atoms. The maximum atomic E-state index is 12.1. The van der Waals surface area contributed by atoms with Crippen molar-refractivity contribution in [2.24, 2.45) is 5.41 Å². The topological polar surface area (TPSA) is 105 Å². The molecular weight excluding hydrogens is 436 g/mol. The number of nitrogens with one attached hydrogen (secondary N) is 1. The summed E-state index contributed by atoms with van der Waals surface area (Å²) in [4.78, 5) is 37.2. The predicted molar refractivity (Wildman–Crippen MR) is 125 cm³/mol. The number of carboxylic acids is 1. The summed E-state index contributed by atoms with van der Waals surface area (Å²) in [6.45, 7) is 3.32. The Kier molecular flexibility index (Phi) is 7.17. The molecule has 0 saturated carbocycles. The van der Waals surface area contributed by atoms with Crippen molar-refractivity contribution < 1.29 is 29.0 Å². The maximum Gasteiger partial charge on any atom is 0.407 e. The standard InChI is InChI=1S/C26H30N2O6/c1-2-26(24(30)31)16-28(17-26)23(29)11-13-33-14-12-27-25(32)34-15-22-20-9-5-3-7-18(20)19-8-4-6-10-21(19)22/h3-10,22H,2,11-17H2,1H3,(H,27,32)(H,30,31). The van der Waals surface area contributed by atoms with Crippen molar-refractivity contribution in [2.45, 2.75) is 25.7 Å². The van der Waals surface area contributed by atoms with Gasteiger partial charge in [-0.1, -0.05) is 55.5 Å². The Labute approximate surface area is 198 Å². The minimum absolute atomic E-state index is 0.00879. The summed E-state index contributed by atoms with van der Waals surface area (Å²) in [7, 11) is 0. The highest BCUT2D eigenvalue weighted by molar-refractivity contribution is 5.83. The molecule has 2 aromatic carbocycles. The minimum atomic E-state index is -0.852. The summed E-state index contributed by atoms with van der Waals surface area (Å²) in [6, 6.07) is 16.3. The number of carbonyl (C=O) groups excluding carboxylic acids is 2. The number of fused-ring (bicyclic) bond motifs is 3. The van der Waals surface area contributed by atoms with Crippen LogP contribution in [-0.2, 0) is 19.1 Å². The lowest BCUT2D eigenvalue weighted by Gasteiger charge is -2.46. The Balaban J connectivity index is 1.12. The van der Waals surface area contributed by atoms with Crippen molar-refractivity contribution in [3.63, 3.8) is 0 Å². The van der Waals surface area contributed by atoms with E-state index in [-0.39, 0.29) is 57.7 Å². The Morgan fingerprint density at radius 1 is 1.03 bits per heavy atom. The van der Waals surface area contributed by atoms with Gasteiger partial charge in [-0.05, 0) is 28.7 Å². The number of ether oxygens (including phenoxy) is 2. The van der Waals surface area contributed by atoms with Crippen LogP contribution in [0.25, 0.3) is 11.1 Å². The lowest BCUT2D eigenvalue weighted by atomic mass is 9.77. The predicted octanol–water partition coefficient (Wildman–Crippen LogP) is 3.26. The van der Waals surface area contributed by atoms with Gasteiger partial charge in [-0.15, -0.1) is 0 Å².